The Labute approximate surface area is 111 Å². The summed E-state index contributed by atoms with van der Waals surface area (Å²) in [6.07, 6.45) is 0.974. The van der Waals surface area contributed by atoms with Crippen LogP contribution in [0.5, 0.6) is 0 Å². The lowest BCUT2D eigenvalue weighted by Gasteiger charge is -2.31. The van der Waals surface area contributed by atoms with Gasteiger partial charge in [0.1, 0.15) is 0 Å². The van der Waals surface area contributed by atoms with E-state index < -0.39 is 0 Å². The fraction of sp³-hybridized carbons (Fsp3) is 0.500. The van der Waals surface area contributed by atoms with E-state index in [1.165, 1.54) is 5.56 Å². The molecule has 0 saturated carbocycles. The fourth-order valence-corrected chi connectivity index (χ4v) is 2.47. The van der Waals surface area contributed by atoms with Crippen molar-refractivity contribution in [2.75, 3.05) is 33.2 Å². The summed E-state index contributed by atoms with van der Waals surface area (Å²) in [6.45, 7) is 4.46. The minimum atomic E-state index is -0.387. The molecule has 2 heterocycles. The summed E-state index contributed by atoms with van der Waals surface area (Å²) in [5, 5.41) is 3.29. The molecule has 19 heavy (non-hydrogen) atoms. The zero-order valence-electron chi connectivity index (χ0n) is 11.1. The Kier molecular flexibility index (Phi) is 3.40. The first-order valence-corrected chi connectivity index (χ1v) is 6.72. The number of H-pyrrole nitrogens is 1. The summed E-state index contributed by atoms with van der Waals surface area (Å²) in [5.41, 5.74) is 2.62. The molecule has 2 N–H and O–H groups in total. The Morgan fingerprint density at radius 1 is 1.42 bits per heavy atom. The average molecular weight is 261 g/mol. The predicted octanol–water partition coefficient (Wildman–Crippen LogP) is 0.815. The number of nitrogens with one attached hydrogen (secondary N) is 2. The highest BCUT2D eigenvalue weighted by molar-refractivity contribution is 5.72. The lowest BCUT2D eigenvalue weighted by atomic mass is 10.0. The van der Waals surface area contributed by atoms with E-state index in [1.807, 2.05) is 18.2 Å². The van der Waals surface area contributed by atoms with Gasteiger partial charge in [0, 0.05) is 26.2 Å². The second-order valence-electron chi connectivity index (χ2n) is 5.38. The van der Waals surface area contributed by atoms with E-state index in [4.69, 9.17) is 4.42 Å². The van der Waals surface area contributed by atoms with Crippen LogP contribution in [-0.4, -0.2) is 43.1 Å². The smallest absolute Gasteiger partial charge is 0.408 e. The lowest BCUT2D eigenvalue weighted by molar-refractivity contribution is 0.226. The first-order chi connectivity index (χ1) is 9.20. The van der Waals surface area contributed by atoms with E-state index in [-0.39, 0.29) is 5.76 Å². The van der Waals surface area contributed by atoms with Crippen LogP contribution in [0.3, 0.4) is 0 Å². The number of oxazole rings is 1. The van der Waals surface area contributed by atoms with Crippen LogP contribution in [0.4, 0.5) is 0 Å². The lowest BCUT2D eigenvalue weighted by Crippen LogP contribution is -2.47. The van der Waals surface area contributed by atoms with Crippen LogP contribution in [0.15, 0.2) is 27.4 Å². The maximum absolute atomic E-state index is 11.1. The molecule has 0 bridgehead atoms. The molecule has 0 radical (unpaired) electrons. The number of aromatic nitrogens is 1. The molecular formula is C14H19N3O2. The maximum Gasteiger partial charge on any atom is 0.417 e. The first-order valence-electron chi connectivity index (χ1n) is 6.72. The molecule has 1 aliphatic rings. The molecule has 1 aliphatic heterocycles. The predicted molar refractivity (Wildman–Crippen MR) is 74.4 cm³/mol. The molecule has 0 unspecified atom stereocenters. The number of benzene rings is 1. The van der Waals surface area contributed by atoms with Gasteiger partial charge in [-0.2, -0.15) is 0 Å². The molecule has 1 aromatic heterocycles. The summed E-state index contributed by atoms with van der Waals surface area (Å²) in [5.74, 6) is 0.414. The number of aromatic amines is 1. The standard InChI is InChI=1S/C14H19N3O2/c1-17(9-11-7-15-8-11)5-4-10-2-3-12-13(6-10)19-14(18)16-12/h2-3,6,11,15H,4-5,7-9H2,1H3,(H,16,18). The van der Waals surface area contributed by atoms with E-state index in [2.05, 4.69) is 22.2 Å². The minimum absolute atomic E-state index is 0.387. The Balaban J connectivity index is 1.59. The summed E-state index contributed by atoms with van der Waals surface area (Å²) >= 11 is 0. The van der Waals surface area contributed by atoms with Crippen molar-refractivity contribution < 1.29 is 4.42 Å². The van der Waals surface area contributed by atoms with Gasteiger partial charge in [0.05, 0.1) is 5.52 Å². The van der Waals surface area contributed by atoms with Gasteiger partial charge >= 0.3 is 5.76 Å². The third kappa shape index (κ3) is 2.88. The molecule has 0 atom stereocenters. The molecule has 1 saturated heterocycles. The van der Waals surface area contributed by atoms with Gasteiger partial charge in [0.15, 0.2) is 5.58 Å². The molecule has 2 aromatic rings. The van der Waals surface area contributed by atoms with Crippen molar-refractivity contribution in [3.8, 4) is 0 Å². The SMILES string of the molecule is CN(CCc1ccc2[nH]c(=O)oc2c1)CC1CNC1. The van der Waals surface area contributed by atoms with Gasteiger partial charge < -0.3 is 14.6 Å². The van der Waals surface area contributed by atoms with Crippen LogP contribution in [0, 0.1) is 5.92 Å². The quantitative estimate of drug-likeness (QED) is 0.836. The van der Waals surface area contributed by atoms with Crippen LogP contribution >= 0.6 is 0 Å². The maximum atomic E-state index is 11.1. The van der Waals surface area contributed by atoms with E-state index in [9.17, 15) is 4.79 Å². The normalized spacial score (nSPS) is 16.1. The third-order valence-corrected chi connectivity index (χ3v) is 3.70. The Morgan fingerprint density at radius 2 is 2.26 bits per heavy atom. The zero-order valence-corrected chi connectivity index (χ0v) is 11.1. The number of nitrogens with zero attached hydrogens (tertiary/aromatic N) is 1. The van der Waals surface area contributed by atoms with Crippen molar-refractivity contribution in [3.63, 3.8) is 0 Å². The van der Waals surface area contributed by atoms with Gasteiger partial charge in [-0.15, -0.1) is 0 Å². The molecule has 5 heteroatoms. The van der Waals surface area contributed by atoms with Crippen LogP contribution in [0.25, 0.3) is 11.1 Å². The number of rotatable bonds is 5. The van der Waals surface area contributed by atoms with Crippen molar-refractivity contribution in [2.45, 2.75) is 6.42 Å². The highest BCUT2D eigenvalue weighted by atomic mass is 16.4. The van der Waals surface area contributed by atoms with Crippen molar-refractivity contribution in [3.05, 3.63) is 34.3 Å². The van der Waals surface area contributed by atoms with Crippen molar-refractivity contribution in [2.24, 2.45) is 5.92 Å². The largest absolute Gasteiger partial charge is 0.417 e. The monoisotopic (exact) mass is 261 g/mol. The summed E-state index contributed by atoms with van der Waals surface area (Å²) < 4.78 is 5.07. The number of likely N-dealkylation sites (N-methyl/N-ethyl adjacent to an activating group) is 1. The average Bonchev–Trinajstić information content (AvgIpc) is 2.70. The molecule has 0 amide bonds. The van der Waals surface area contributed by atoms with Gasteiger partial charge in [-0.3, -0.25) is 4.98 Å². The first kappa shape index (κ1) is 12.4. The molecule has 0 aliphatic carbocycles. The summed E-state index contributed by atoms with van der Waals surface area (Å²) in [6, 6.07) is 5.91. The second kappa shape index (κ2) is 5.19. The molecule has 102 valence electrons. The Bertz CT molecular complexity index is 612. The highest BCUT2D eigenvalue weighted by Crippen LogP contribution is 2.13. The summed E-state index contributed by atoms with van der Waals surface area (Å²) in [7, 11) is 2.16. The zero-order chi connectivity index (χ0) is 13.2. The van der Waals surface area contributed by atoms with Gasteiger partial charge in [-0.25, -0.2) is 4.79 Å². The van der Waals surface area contributed by atoms with Crippen LogP contribution in [-0.2, 0) is 6.42 Å². The highest BCUT2D eigenvalue weighted by Gasteiger charge is 2.18. The Hall–Kier alpha value is -1.59. The molecule has 3 rings (SSSR count). The van der Waals surface area contributed by atoms with Crippen molar-refractivity contribution in [1.82, 2.24) is 15.2 Å². The van der Waals surface area contributed by atoms with Gasteiger partial charge in [-0.05, 0) is 37.1 Å². The second-order valence-corrected chi connectivity index (χ2v) is 5.38. The van der Waals surface area contributed by atoms with Crippen LogP contribution in [0.2, 0.25) is 0 Å². The number of hydrogen-bond donors (Lipinski definition) is 2. The molecule has 0 spiro atoms. The minimum Gasteiger partial charge on any atom is -0.408 e. The Morgan fingerprint density at radius 3 is 3.00 bits per heavy atom. The molecular weight excluding hydrogens is 242 g/mol. The van der Waals surface area contributed by atoms with Gasteiger partial charge in [-0.1, -0.05) is 6.07 Å². The number of fused-ring (bicyclic) bond motifs is 1. The molecule has 1 fully saturated rings. The molecule has 5 nitrogen and oxygen atoms in total. The molecule has 1 aromatic carbocycles. The van der Waals surface area contributed by atoms with E-state index in [1.54, 1.807) is 0 Å². The summed E-state index contributed by atoms with van der Waals surface area (Å²) in [4.78, 5) is 16.1. The van der Waals surface area contributed by atoms with Crippen LogP contribution in [0.1, 0.15) is 5.56 Å². The topological polar surface area (TPSA) is 61.3 Å². The number of hydrogen-bond acceptors (Lipinski definition) is 4. The van der Waals surface area contributed by atoms with E-state index in [0.717, 1.165) is 44.0 Å². The van der Waals surface area contributed by atoms with E-state index >= 15 is 0 Å². The third-order valence-electron chi connectivity index (χ3n) is 3.70. The van der Waals surface area contributed by atoms with Crippen molar-refractivity contribution >= 4 is 11.1 Å². The van der Waals surface area contributed by atoms with Gasteiger partial charge in [0.25, 0.3) is 0 Å². The van der Waals surface area contributed by atoms with Crippen LogP contribution < -0.4 is 11.1 Å². The van der Waals surface area contributed by atoms with Crippen molar-refractivity contribution in [1.29, 1.82) is 0 Å². The van der Waals surface area contributed by atoms with E-state index in [0.29, 0.717) is 5.58 Å². The van der Waals surface area contributed by atoms with Gasteiger partial charge in [0.2, 0.25) is 0 Å². The fourth-order valence-electron chi connectivity index (χ4n) is 2.47.